The van der Waals surface area contributed by atoms with E-state index < -0.39 is 23.8 Å². The minimum Gasteiger partial charge on any atom is -0.481 e. The highest BCUT2D eigenvalue weighted by Gasteiger charge is 2.30. The number of carbonyl (C=O) groups excluding carboxylic acids is 2. The number of hydrogen-bond acceptors (Lipinski definition) is 10. The molecule has 2 atom stereocenters. The van der Waals surface area contributed by atoms with E-state index in [9.17, 15) is 14.7 Å². The molecule has 2 aromatic rings. The van der Waals surface area contributed by atoms with Gasteiger partial charge in [0.2, 0.25) is 5.88 Å². The maximum absolute atomic E-state index is 12.1. The molecule has 4 N–H and O–H groups in total. The first kappa shape index (κ1) is 26.0. The Balaban J connectivity index is 1.73. The molecule has 2 heterocycles. The van der Waals surface area contributed by atoms with Crippen LogP contribution in [-0.2, 0) is 27.1 Å². The predicted octanol–water partition coefficient (Wildman–Crippen LogP) is 2.56. The molecule has 0 radical (unpaired) electrons. The highest BCUT2D eigenvalue weighted by atomic mass is 16.6. The normalized spacial score (nSPS) is 17.1. The van der Waals surface area contributed by atoms with Gasteiger partial charge in [-0.25, -0.2) is 4.79 Å². The third-order valence-electron chi connectivity index (χ3n) is 5.14. The Morgan fingerprint density at radius 1 is 1.23 bits per heavy atom. The molecule has 3 rings (SSSR count). The van der Waals surface area contributed by atoms with Crippen LogP contribution in [0.3, 0.4) is 0 Å². The van der Waals surface area contributed by atoms with Gasteiger partial charge in [0.05, 0.1) is 43.4 Å². The Kier molecular flexibility index (Phi) is 8.34. The largest absolute Gasteiger partial charge is 0.481 e. The second-order valence-electron chi connectivity index (χ2n) is 9.09. The number of rotatable bonds is 8. The number of nitrogens with one attached hydrogen (secondary N) is 3. The highest BCUT2D eigenvalue weighted by Crippen LogP contribution is 2.29. The molecule has 0 saturated carbocycles. The number of esters is 1. The quantitative estimate of drug-likeness (QED) is 0.410. The first-order valence-electron chi connectivity index (χ1n) is 11.4. The van der Waals surface area contributed by atoms with E-state index in [-0.39, 0.29) is 12.5 Å². The van der Waals surface area contributed by atoms with Crippen molar-refractivity contribution in [1.82, 2.24) is 15.3 Å². The van der Waals surface area contributed by atoms with Crippen molar-refractivity contribution in [2.45, 2.75) is 58.3 Å². The van der Waals surface area contributed by atoms with Gasteiger partial charge in [0, 0.05) is 24.6 Å². The summed E-state index contributed by atoms with van der Waals surface area (Å²) in [7, 11) is 1.52. The molecular formula is C24H33N5O6. The van der Waals surface area contributed by atoms with Gasteiger partial charge >= 0.3 is 12.1 Å². The van der Waals surface area contributed by atoms with Crippen LogP contribution in [0.2, 0.25) is 0 Å². The van der Waals surface area contributed by atoms with E-state index in [4.69, 9.17) is 14.2 Å². The van der Waals surface area contributed by atoms with Crippen LogP contribution in [0, 0.1) is 0 Å². The van der Waals surface area contributed by atoms with Gasteiger partial charge in [0.1, 0.15) is 12.1 Å². The number of fused-ring (bicyclic) bond motifs is 1. The molecular weight excluding hydrogens is 454 g/mol. The van der Waals surface area contributed by atoms with E-state index in [1.54, 1.807) is 46.0 Å². The van der Waals surface area contributed by atoms with Crippen LogP contribution >= 0.6 is 0 Å². The average molecular weight is 488 g/mol. The summed E-state index contributed by atoms with van der Waals surface area (Å²) in [6.45, 7) is 7.37. The summed E-state index contributed by atoms with van der Waals surface area (Å²) in [5, 5.41) is 19.6. The molecule has 11 nitrogen and oxygen atoms in total. The fourth-order valence-electron chi connectivity index (χ4n) is 3.59. The molecule has 0 aliphatic heterocycles. The van der Waals surface area contributed by atoms with Crippen molar-refractivity contribution in [3.05, 3.63) is 35.7 Å². The molecule has 0 saturated heterocycles. The monoisotopic (exact) mass is 487 g/mol. The van der Waals surface area contributed by atoms with E-state index in [1.807, 2.05) is 6.07 Å². The Bertz CT molecular complexity index is 1060. The summed E-state index contributed by atoms with van der Waals surface area (Å²) in [6, 6.07) is 4.81. The van der Waals surface area contributed by atoms with Crippen LogP contribution in [0.25, 0.3) is 0 Å². The summed E-state index contributed by atoms with van der Waals surface area (Å²) < 4.78 is 15.5. The second kappa shape index (κ2) is 11.2. The lowest BCUT2D eigenvalue weighted by Crippen LogP contribution is -2.49. The summed E-state index contributed by atoms with van der Waals surface area (Å²) in [6.07, 6.45) is 0.980. The first-order chi connectivity index (χ1) is 16.6. The van der Waals surface area contributed by atoms with Crippen LogP contribution in [0.4, 0.5) is 22.0 Å². The number of alkyl carbamates (subject to hydrolysis) is 1. The van der Waals surface area contributed by atoms with E-state index in [0.717, 1.165) is 11.3 Å². The van der Waals surface area contributed by atoms with Gasteiger partial charge in [-0.2, -0.15) is 4.98 Å². The van der Waals surface area contributed by atoms with Gasteiger partial charge < -0.3 is 35.3 Å². The fourth-order valence-corrected chi connectivity index (χ4v) is 3.59. The van der Waals surface area contributed by atoms with Crippen molar-refractivity contribution in [1.29, 1.82) is 0 Å². The molecule has 190 valence electrons. The van der Waals surface area contributed by atoms with Crippen molar-refractivity contribution >= 4 is 29.3 Å². The third-order valence-corrected chi connectivity index (χ3v) is 5.14. The van der Waals surface area contributed by atoms with Gasteiger partial charge in [-0.15, -0.1) is 0 Å². The van der Waals surface area contributed by atoms with Gasteiger partial charge in [-0.05, 0) is 45.4 Å². The Morgan fingerprint density at radius 2 is 2.00 bits per heavy atom. The lowest BCUT2D eigenvalue weighted by Gasteiger charge is -2.31. The molecule has 35 heavy (non-hydrogen) atoms. The molecule has 0 aromatic carbocycles. The number of carbonyl (C=O) groups is 2. The zero-order chi connectivity index (χ0) is 25.6. The number of nitrogens with zero attached hydrogens (tertiary/aromatic N) is 2. The van der Waals surface area contributed by atoms with Gasteiger partial charge in [-0.3, -0.25) is 9.78 Å². The van der Waals surface area contributed by atoms with Gasteiger partial charge in [-0.1, -0.05) is 0 Å². The van der Waals surface area contributed by atoms with E-state index in [0.29, 0.717) is 42.5 Å². The Hall–Kier alpha value is -3.60. The third kappa shape index (κ3) is 7.44. The van der Waals surface area contributed by atoms with Crippen molar-refractivity contribution in [2.75, 3.05) is 30.9 Å². The second-order valence-corrected chi connectivity index (χ2v) is 9.09. The number of hydrogen-bond donors (Lipinski definition) is 4. The van der Waals surface area contributed by atoms with Gasteiger partial charge in [0.15, 0.2) is 5.82 Å². The average Bonchev–Trinajstić information content (AvgIpc) is 2.77. The minimum atomic E-state index is -0.788. The van der Waals surface area contributed by atoms with E-state index >= 15 is 0 Å². The zero-order valence-corrected chi connectivity index (χ0v) is 20.7. The number of aromatic nitrogens is 2. The standard InChI is InChI=1S/C24H33N5O6/c1-6-34-21(31)13-26-16-7-8-20(33-5)29-22(16)27-15-9-14-10-19(30)18(11-17(14)25-12-15)28-23(32)35-24(2,3)4/h7-9,12,18-19,26,30H,6,10-11,13H2,1-5H3,(H,27,29)(H,28,32)/t18-,19+/m1/s1. The molecule has 0 unspecified atom stereocenters. The Morgan fingerprint density at radius 3 is 2.69 bits per heavy atom. The molecule has 11 heteroatoms. The molecule has 0 spiro atoms. The smallest absolute Gasteiger partial charge is 0.407 e. The SMILES string of the molecule is CCOC(=O)CNc1ccc(OC)nc1Nc1cnc2c(c1)C[C@H](O)[C@H](NC(=O)OC(C)(C)C)C2. The van der Waals surface area contributed by atoms with Crippen LogP contribution in [0.15, 0.2) is 24.4 Å². The van der Waals surface area contributed by atoms with Crippen LogP contribution in [-0.4, -0.2) is 65.1 Å². The molecule has 1 aliphatic carbocycles. The van der Waals surface area contributed by atoms with Gasteiger partial charge in [0.25, 0.3) is 0 Å². The van der Waals surface area contributed by atoms with E-state index in [2.05, 4.69) is 25.9 Å². The molecule has 1 amide bonds. The van der Waals surface area contributed by atoms with Crippen molar-refractivity contribution in [2.24, 2.45) is 0 Å². The summed E-state index contributed by atoms with van der Waals surface area (Å²) >= 11 is 0. The van der Waals surface area contributed by atoms with Crippen LogP contribution in [0.1, 0.15) is 39.0 Å². The topological polar surface area (TPSA) is 144 Å². The van der Waals surface area contributed by atoms with Crippen LogP contribution in [0.5, 0.6) is 5.88 Å². The zero-order valence-electron chi connectivity index (χ0n) is 20.7. The summed E-state index contributed by atoms with van der Waals surface area (Å²) in [4.78, 5) is 32.8. The van der Waals surface area contributed by atoms with Crippen LogP contribution < -0.4 is 20.7 Å². The molecule has 0 bridgehead atoms. The number of pyridine rings is 2. The highest BCUT2D eigenvalue weighted by molar-refractivity contribution is 5.78. The number of aliphatic hydroxyl groups is 1. The number of amides is 1. The summed E-state index contributed by atoms with van der Waals surface area (Å²) in [5.74, 6) is 0.455. The van der Waals surface area contributed by atoms with Crippen molar-refractivity contribution < 1.29 is 28.9 Å². The molecule has 2 aromatic heterocycles. The van der Waals surface area contributed by atoms with Crippen molar-refractivity contribution in [3.8, 4) is 5.88 Å². The van der Waals surface area contributed by atoms with E-state index in [1.165, 1.54) is 7.11 Å². The number of methoxy groups -OCH3 is 1. The predicted molar refractivity (Wildman–Crippen MR) is 130 cm³/mol. The summed E-state index contributed by atoms with van der Waals surface area (Å²) in [5.41, 5.74) is 2.24. The fraction of sp³-hybridized carbons (Fsp3) is 0.500. The lowest BCUT2D eigenvalue weighted by molar-refractivity contribution is -0.140. The number of aliphatic hydroxyl groups excluding tert-OH is 1. The number of anilines is 3. The van der Waals surface area contributed by atoms with Crippen molar-refractivity contribution in [3.63, 3.8) is 0 Å². The lowest BCUT2D eigenvalue weighted by atomic mass is 9.89. The minimum absolute atomic E-state index is 0.0167. The molecule has 1 aliphatic rings. The maximum Gasteiger partial charge on any atom is 0.407 e. The Labute approximate surface area is 204 Å². The molecule has 0 fully saturated rings. The number of ether oxygens (including phenoxy) is 3. The maximum atomic E-state index is 12.1. The first-order valence-corrected chi connectivity index (χ1v) is 11.4.